The number of nitrogens with zero attached hydrogens (tertiary/aromatic N) is 2. The van der Waals surface area contributed by atoms with E-state index >= 15 is 0 Å². The number of ether oxygens (including phenoxy) is 1. The summed E-state index contributed by atoms with van der Waals surface area (Å²) in [6, 6.07) is 17.4. The Bertz CT molecular complexity index is 953. The van der Waals surface area contributed by atoms with Crippen molar-refractivity contribution in [2.45, 2.75) is 6.42 Å². The van der Waals surface area contributed by atoms with Crippen LogP contribution in [-0.4, -0.2) is 62.6 Å². The van der Waals surface area contributed by atoms with Crippen molar-refractivity contribution in [2.75, 3.05) is 39.8 Å². The lowest BCUT2D eigenvalue weighted by atomic mass is 10.1. The van der Waals surface area contributed by atoms with Gasteiger partial charge >= 0.3 is 0 Å². The van der Waals surface area contributed by atoms with Crippen LogP contribution in [0.3, 0.4) is 0 Å². The summed E-state index contributed by atoms with van der Waals surface area (Å²) in [5.74, 6) is 0.841. The molecule has 2 aromatic rings. The van der Waals surface area contributed by atoms with E-state index in [2.05, 4.69) is 5.32 Å². The largest absolute Gasteiger partial charge is 0.497 e. The van der Waals surface area contributed by atoms with E-state index in [0.717, 1.165) is 24.3 Å². The first-order valence-electron chi connectivity index (χ1n) is 9.87. The Labute approximate surface area is 184 Å². The second kappa shape index (κ2) is 10.6. The predicted molar refractivity (Wildman–Crippen MR) is 125 cm³/mol. The van der Waals surface area contributed by atoms with Crippen molar-refractivity contribution >= 4 is 33.4 Å². The molecule has 8 heteroatoms. The van der Waals surface area contributed by atoms with Gasteiger partial charge in [-0.2, -0.15) is 4.31 Å². The molecule has 1 fully saturated rings. The summed E-state index contributed by atoms with van der Waals surface area (Å²) in [5, 5.41) is 5.22. The highest BCUT2D eigenvalue weighted by Crippen LogP contribution is 2.13. The summed E-state index contributed by atoms with van der Waals surface area (Å²) in [5.41, 5.74) is 2.06. The van der Waals surface area contributed by atoms with Gasteiger partial charge in [-0.05, 0) is 48.0 Å². The highest BCUT2D eigenvalue weighted by atomic mass is 32.2. The van der Waals surface area contributed by atoms with Gasteiger partial charge in [0.1, 0.15) is 5.75 Å². The normalized spacial score (nSPS) is 15.3. The summed E-state index contributed by atoms with van der Waals surface area (Å²) in [6.07, 6.45) is 2.48. The smallest absolute Gasteiger partial charge is 0.236 e. The maximum atomic E-state index is 12.6. The third kappa shape index (κ3) is 6.29. The zero-order valence-electron chi connectivity index (χ0n) is 17.0. The van der Waals surface area contributed by atoms with Crippen molar-refractivity contribution < 1.29 is 13.2 Å². The van der Waals surface area contributed by atoms with Gasteiger partial charge in [-0.1, -0.05) is 42.5 Å². The van der Waals surface area contributed by atoms with Crippen LogP contribution in [0.5, 0.6) is 5.75 Å². The average molecular weight is 446 g/mol. The molecule has 1 saturated heterocycles. The molecule has 0 unspecified atom stereocenters. The van der Waals surface area contributed by atoms with Crippen molar-refractivity contribution in [3.8, 4) is 5.75 Å². The summed E-state index contributed by atoms with van der Waals surface area (Å²) < 4.78 is 31.8. The molecule has 0 atom stereocenters. The van der Waals surface area contributed by atoms with Crippen LogP contribution in [0, 0.1) is 0 Å². The van der Waals surface area contributed by atoms with Gasteiger partial charge in [0, 0.05) is 38.1 Å². The lowest BCUT2D eigenvalue weighted by Gasteiger charge is -2.35. The monoisotopic (exact) mass is 445 g/mol. The van der Waals surface area contributed by atoms with Crippen molar-refractivity contribution in [1.82, 2.24) is 14.5 Å². The number of sulfonamides is 1. The van der Waals surface area contributed by atoms with Gasteiger partial charge in [-0.3, -0.25) is 0 Å². The van der Waals surface area contributed by atoms with Crippen LogP contribution in [0.2, 0.25) is 0 Å². The lowest BCUT2D eigenvalue weighted by molar-refractivity contribution is 0.266. The van der Waals surface area contributed by atoms with Gasteiger partial charge in [0.2, 0.25) is 10.0 Å². The first-order valence-corrected chi connectivity index (χ1v) is 11.8. The van der Waals surface area contributed by atoms with Crippen LogP contribution in [-0.2, 0) is 16.4 Å². The highest BCUT2D eigenvalue weighted by molar-refractivity contribution is 7.92. The van der Waals surface area contributed by atoms with Crippen LogP contribution in [0.25, 0.3) is 6.08 Å². The van der Waals surface area contributed by atoms with E-state index in [9.17, 15) is 8.42 Å². The minimum Gasteiger partial charge on any atom is -0.497 e. The van der Waals surface area contributed by atoms with Gasteiger partial charge in [-0.25, -0.2) is 8.42 Å². The number of nitrogens with one attached hydrogen (secondary N) is 1. The molecular formula is C22H27N3O3S2. The maximum absolute atomic E-state index is 12.6. The van der Waals surface area contributed by atoms with Crippen LogP contribution in [0.15, 0.2) is 60.0 Å². The second-order valence-electron chi connectivity index (χ2n) is 6.97. The Morgan fingerprint density at radius 3 is 2.37 bits per heavy atom. The maximum Gasteiger partial charge on any atom is 0.236 e. The fraction of sp³-hybridized carbons (Fsp3) is 0.318. The standard InChI is InChI=1S/C22H27N3O3S2/c1-28-21-9-7-20(8-10-21)11-13-23-22(29)24-14-16-25(17-15-24)30(26,27)18-12-19-5-3-2-4-6-19/h2-10,12,18H,11,13-17H2,1H3,(H,23,29). The molecule has 0 aromatic heterocycles. The fourth-order valence-corrected chi connectivity index (χ4v) is 4.64. The molecular weight excluding hydrogens is 418 g/mol. The number of piperazine rings is 1. The molecule has 0 radical (unpaired) electrons. The predicted octanol–water partition coefficient (Wildman–Crippen LogP) is 2.73. The van der Waals surface area contributed by atoms with Crippen molar-refractivity contribution in [3.05, 3.63) is 71.1 Å². The Hall–Kier alpha value is -2.42. The van der Waals surface area contributed by atoms with E-state index in [-0.39, 0.29) is 0 Å². The van der Waals surface area contributed by atoms with E-state index in [4.69, 9.17) is 17.0 Å². The van der Waals surface area contributed by atoms with Gasteiger partial charge in [0.15, 0.2) is 5.11 Å². The summed E-state index contributed by atoms with van der Waals surface area (Å²) in [7, 11) is -1.78. The lowest BCUT2D eigenvalue weighted by Crippen LogP contribution is -2.52. The Balaban J connectivity index is 1.43. The number of rotatable bonds is 7. The average Bonchev–Trinajstić information content (AvgIpc) is 2.79. The number of benzene rings is 2. The molecule has 0 spiro atoms. The van der Waals surface area contributed by atoms with Crippen LogP contribution in [0.4, 0.5) is 0 Å². The molecule has 0 bridgehead atoms. The van der Waals surface area contributed by atoms with E-state index in [1.54, 1.807) is 13.2 Å². The van der Waals surface area contributed by atoms with Gasteiger partial charge in [0.25, 0.3) is 0 Å². The first kappa shape index (κ1) is 22.3. The van der Waals surface area contributed by atoms with Crippen LogP contribution < -0.4 is 10.1 Å². The summed E-state index contributed by atoms with van der Waals surface area (Å²) in [4.78, 5) is 2.02. The van der Waals surface area contributed by atoms with E-state index in [1.165, 1.54) is 15.3 Å². The molecule has 1 heterocycles. The quantitative estimate of drug-likeness (QED) is 0.662. The number of hydrogen-bond donors (Lipinski definition) is 1. The van der Waals surface area contributed by atoms with Gasteiger partial charge < -0.3 is 15.0 Å². The Kier molecular flexibility index (Phi) is 7.84. The van der Waals surface area contributed by atoms with E-state index < -0.39 is 10.0 Å². The third-order valence-electron chi connectivity index (χ3n) is 4.97. The molecule has 1 N–H and O–H groups in total. The molecule has 160 valence electrons. The second-order valence-corrected chi connectivity index (χ2v) is 9.18. The molecule has 0 saturated carbocycles. The highest BCUT2D eigenvalue weighted by Gasteiger charge is 2.25. The zero-order valence-corrected chi connectivity index (χ0v) is 18.7. The summed E-state index contributed by atoms with van der Waals surface area (Å²) >= 11 is 5.49. The molecule has 30 heavy (non-hydrogen) atoms. The van der Waals surface area contributed by atoms with Crippen molar-refractivity contribution in [2.24, 2.45) is 0 Å². The molecule has 0 aliphatic carbocycles. The van der Waals surface area contributed by atoms with Gasteiger partial charge in [-0.15, -0.1) is 0 Å². The third-order valence-corrected chi connectivity index (χ3v) is 6.93. The number of thiocarbonyl (C=S) groups is 1. The number of hydrogen-bond acceptors (Lipinski definition) is 4. The molecule has 0 amide bonds. The van der Waals surface area contributed by atoms with Crippen LogP contribution in [0.1, 0.15) is 11.1 Å². The van der Waals surface area contributed by atoms with E-state index in [0.29, 0.717) is 31.3 Å². The molecule has 1 aliphatic rings. The summed E-state index contributed by atoms with van der Waals surface area (Å²) in [6.45, 7) is 2.71. The Morgan fingerprint density at radius 2 is 1.73 bits per heavy atom. The fourth-order valence-electron chi connectivity index (χ4n) is 3.18. The minimum absolute atomic E-state index is 0.418. The van der Waals surface area contributed by atoms with E-state index in [1.807, 2.05) is 59.5 Å². The topological polar surface area (TPSA) is 61.9 Å². The first-order chi connectivity index (χ1) is 14.5. The Morgan fingerprint density at radius 1 is 1.07 bits per heavy atom. The van der Waals surface area contributed by atoms with Crippen LogP contribution >= 0.6 is 12.2 Å². The molecule has 6 nitrogen and oxygen atoms in total. The SMILES string of the molecule is COc1ccc(CCNC(=S)N2CCN(S(=O)(=O)C=Cc3ccccc3)CC2)cc1. The zero-order chi connectivity index (χ0) is 21.4. The number of methoxy groups -OCH3 is 1. The van der Waals surface area contributed by atoms with Gasteiger partial charge in [0.05, 0.1) is 7.11 Å². The molecule has 1 aliphatic heterocycles. The van der Waals surface area contributed by atoms with Crippen molar-refractivity contribution in [3.63, 3.8) is 0 Å². The molecule has 2 aromatic carbocycles. The minimum atomic E-state index is -3.44. The molecule has 3 rings (SSSR count). The van der Waals surface area contributed by atoms with Crippen molar-refractivity contribution in [1.29, 1.82) is 0 Å².